The number of rotatable bonds is 6. The lowest BCUT2D eigenvalue weighted by molar-refractivity contribution is -0.384. The van der Waals surface area contributed by atoms with Crippen LogP contribution >= 0.6 is 0 Å². The highest BCUT2D eigenvalue weighted by atomic mass is 16.6. The Morgan fingerprint density at radius 2 is 1.92 bits per heavy atom. The van der Waals surface area contributed by atoms with Crippen molar-refractivity contribution < 1.29 is 28.8 Å². The smallest absolute Gasteiger partial charge is 0.413 e. The van der Waals surface area contributed by atoms with E-state index in [9.17, 15) is 24.5 Å². The van der Waals surface area contributed by atoms with Crippen LogP contribution in [0.1, 0.15) is 46.9 Å². The normalized spacial score (nSPS) is 13.6. The molecular weight excluding hydrogens is 466 g/mol. The minimum absolute atomic E-state index is 0.0165. The van der Waals surface area contributed by atoms with Crippen molar-refractivity contribution in [3.05, 3.63) is 81.0 Å². The largest absolute Gasteiger partial charge is 0.452 e. The van der Waals surface area contributed by atoms with Crippen LogP contribution in [0.4, 0.5) is 10.5 Å². The van der Waals surface area contributed by atoms with Gasteiger partial charge in [-0.05, 0) is 55.0 Å². The van der Waals surface area contributed by atoms with Gasteiger partial charge in [0.25, 0.3) is 11.6 Å². The number of hydrogen-bond donors (Lipinski definition) is 1. The molecule has 3 aromatic rings. The van der Waals surface area contributed by atoms with Crippen LogP contribution in [0.15, 0.2) is 48.5 Å². The van der Waals surface area contributed by atoms with Crippen LogP contribution < -0.4 is 5.32 Å². The third kappa shape index (κ3) is 5.38. The van der Waals surface area contributed by atoms with E-state index in [1.807, 2.05) is 11.4 Å². The number of esters is 1. The molecule has 4 rings (SSSR count). The molecule has 36 heavy (non-hydrogen) atoms. The fourth-order valence-electron chi connectivity index (χ4n) is 4.16. The topological polar surface area (TPSA) is 138 Å². The fourth-order valence-corrected chi connectivity index (χ4v) is 4.16. The predicted molar refractivity (Wildman–Crippen MR) is 131 cm³/mol. The van der Waals surface area contributed by atoms with Crippen molar-refractivity contribution in [2.75, 3.05) is 13.2 Å². The Bertz CT molecular complexity index is 1400. The molecule has 184 valence electrons. The molecule has 0 aliphatic heterocycles. The second-order valence-corrected chi connectivity index (χ2v) is 8.05. The van der Waals surface area contributed by atoms with Crippen molar-refractivity contribution >= 4 is 46.2 Å². The summed E-state index contributed by atoms with van der Waals surface area (Å²) in [6.07, 6.45) is 2.91. The third-order valence-corrected chi connectivity index (χ3v) is 5.65. The van der Waals surface area contributed by atoms with Crippen molar-refractivity contribution in [3.63, 3.8) is 0 Å². The number of benzene rings is 2. The van der Waals surface area contributed by atoms with Crippen LogP contribution in [-0.4, -0.2) is 41.1 Å². The number of nitro groups is 1. The van der Waals surface area contributed by atoms with E-state index in [0.717, 1.165) is 12.0 Å². The van der Waals surface area contributed by atoms with E-state index < -0.39 is 29.5 Å². The van der Waals surface area contributed by atoms with Crippen molar-refractivity contribution in [2.45, 2.75) is 26.2 Å². The summed E-state index contributed by atoms with van der Waals surface area (Å²) in [4.78, 5) is 52.1. The number of carbonyl (C=O) groups excluding carboxylic acids is 3. The van der Waals surface area contributed by atoms with Crippen LogP contribution in [0.3, 0.4) is 0 Å². The minimum atomic E-state index is -0.916. The fraction of sp³-hybridized carbons (Fsp3) is 0.231. The Balaban J connectivity index is 1.70. The first-order valence-corrected chi connectivity index (χ1v) is 11.4. The maximum absolute atomic E-state index is 13.2. The van der Waals surface area contributed by atoms with Crippen LogP contribution in [-0.2, 0) is 20.7 Å². The molecule has 1 N–H and O–H groups in total. The number of nitro benzene ring substituents is 1. The lowest BCUT2D eigenvalue weighted by Gasteiger charge is -2.22. The van der Waals surface area contributed by atoms with Crippen molar-refractivity contribution in [3.8, 4) is 0 Å². The molecule has 1 heterocycles. The van der Waals surface area contributed by atoms with Gasteiger partial charge in [0.1, 0.15) is 0 Å². The number of non-ortho nitro benzene ring substituents is 1. The summed E-state index contributed by atoms with van der Waals surface area (Å²) in [5, 5.41) is 13.8. The minimum Gasteiger partial charge on any atom is -0.452 e. The molecule has 2 aromatic carbocycles. The van der Waals surface area contributed by atoms with Gasteiger partial charge in [-0.3, -0.25) is 20.2 Å². The summed E-state index contributed by atoms with van der Waals surface area (Å²) in [6, 6.07) is 13.4. The van der Waals surface area contributed by atoms with E-state index in [0.29, 0.717) is 46.1 Å². The molecule has 0 bridgehead atoms. The summed E-state index contributed by atoms with van der Waals surface area (Å²) >= 11 is 0. The molecule has 0 saturated heterocycles. The number of para-hydroxylation sites is 1. The van der Waals surface area contributed by atoms with Crippen LogP contribution in [0.5, 0.6) is 0 Å². The number of amides is 2. The Morgan fingerprint density at radius 3 is 2.69 bits per heavy atom. The molecule has 0 fully saturated rings. The lowest BCUT2D eigenvalue weighted by atomic mass is 9.86. The molecule has 1 aliphatic carbocycles. The zero-order valence-corrected chi connectivity index (χ0v) is 19.5. The van der Waals surface area contributed by atoms with E-state index in [1.165, 1.54) is 12.1 Å². The van der Waals surface area contributed by atoms with Gasteiger partial charge in [-0.1, -0.05) is 30.3 Å². The maximum Gasteiger partial charge on any atom is 0.413 e. The number of hydrogen-bond acceptors (Lipinski definition) is 8. The number of alkyl carbamates (subject to hydrolysis) is 1. The molecule has 0 saturated carbocycles. The number of pyridine rings is 1. The monoisotopic (exact) mass is 489 g/mol. The Morgan fingerprint density at radius 1 is 1.11 bits per heavy atom. The van der Waals surface area contributed by atoms with Gasteiger partial charge in [0.2, 0.25) is 0 Å². The molecule has 10 nitrogen and oxygen atoms in total. The van der Waals surface area contributed by atoms with Gasteiger partial charge in [0, 0.05) is 17.5 Å². The number of aromatic nitrogens is 1. The Hall–Kier alpha value is -4.60. The summed E-state index contributed by atoms with van der Waals surface area (Å²) in [6.45, 7) is 1.04. The number of ether oxygens (including phenoxy) is 2. The van der Waals surface area contributed by atoms with Gasteiger partial charge in [-0.25, -0.2) is 14.6 Å². The van der Waals surface area contributed by atoms with Gasteiger partial charge >= 0.3 is 12.1 Å². The van der Waals surface area contributed by atoms with E-state index >= 15 is 0 Å². The SMILES string of the molecule is CCOC(=O)NC(=O)COC(=O)c1c2c(nc3ccccc13)/C(=C/c1cccc([N+](=O)[O-])c1)CCC2. The highest BCUT2D eigenvalue weighted by Crippen LogP contribution is 2.36. The molecule has 0 spiro atoms. The standard InChI is InChI=1S/C26H23N3O7/c1-2-35-26(32)28-22(30)15-36-25(31)23-19-10-3-4-12-21(19)27-24-17(8-6-11-20(23)24)13-16-7-5-9-18(14-16)29(33)34/h3-5,7,9-10,12-14H,2,6,8,11,15H2,1H3,(H,28,30,32)/b17-13+. The molecule has 1 aliphatic rings. The zero-order valence-electron chi connectivity index (χ0n) is 19.5. The lowest BCUT2D eigenvalue weighted by Crippen LogP contribution is -2.34. The number of nitrogens with zero attached hydrogens (tertiary/aromatic N) is 2. The number of fused-ring (bicyclic) bond motifs is 2. The predicted octanol–water partition coefficient (Wildman–Crippen LogP) is 4.45. The molecule has 2 amide bonds. The summed E-state index contributed by atoms with van der Waals surface area (Å²) < 4.78 is 9.91. The molecular formula is C26H23N3O7. The highest BCUT2D eigenvalue weighted by Gasteiger charge is 2.26. The maximum atomic E-state index is 13.2. The molecule has 0 atom stereocenters. The quantitative estimate of drug-likeness (QED) is 0.304. The second kappa shape index (κ2) is 10.8. The van der Waals surface area contributed by atoms with Gasteiger partial charge < -0.3 is 9.47 Å². The number of imide groups is 1. The molecule has 1 aromatic heterocycles. The molecule has 0 radical (unpaired) electrons. The van der Waals surface area contributed by atoms with Gasteiger partial charge in [-0.2, -0.15) is 0 Å². The highest BCUT2D eigenvalue weighted by molar-refractivity contribution is 6.07. The second-order valence-electron chi connectivity index (χ2n) is 8.05. The molecule has 10 heteroatoms. The Kier molecular flexibility index (Phi) is 7.33. The van der Waals surface area contributed by atoms with Crippen molar-refractivity contribution in [1.29, 1.82) is 0 Å². The van der Waals surface area contributed by atoms with Crippen LogP contribution in [0.2, 0.25) is 0 Å². The third-order valence-electron chi connectivity index (χ3n) is 5.65. The van der Waals surface area contributed by atoms with E-state index in [4.69, 9.17) is 9.72 Å². The average molecular weight is 489 g/mol. The van der Waals surface area contributed by atoms with E-state index in [2.05, 4.69) is 4.74 Å². The van der Waals surface area contributed by atoms with E-state index in [1.54, 1.807) is 43.3 Å². The van der Waals surface area contributed by atoms with Crippen molar-refractivity contribution in [2.24, 2.45) is 0 Å². The first-order chi connectivity index (χ1) is 17.4. The summed E-state index contributed by atoms with van der Waals surface area (Å²) in [5.74, 6) is -1.51. The first kappa shape index (κ1) is 24.5. The van der Waals surface area contributed by atoms with Gasteiger partial charge in [0.05, 0.1) is 28.3 Å². The Labute approximate surface area is 206 Å². The van der Waals surface area contributed by atoms with Crippen LogP contribution in [0, 0.1) is 10.1 Å². The number of carbonyl (C=O) groups is 3. The summed E-state index contributed by atoms with van der Waals surface area (Å²) in [7, 11) is 0. The van der Waals surface area contributed by atoms with Gasteiger partial charge in [0.15, 0.2) is 6.61 Å². The van der Waals surface area contributed by atoms with Gasteiger partial charge in [-0.15, -0.1) is 0 Å². The number of allylic oxidation sites excluding steroid dienone is 1. The first-order valence-electron chi connectivity index (χ1n) is 11.4. The van der Waals surface area contributed by atoms with E-state index in [-0.39, 0.29) is 12.3 Å². The van der Waals surface area contributed by atoms with Crippen molar-refractivity contribution in [1.82, 2.24) is 10.3 Å². The zero-order chi connectivity index (χ0) is 25.7. The number of nitrogens with one attached hydrogen (secondary N) is 1. The van der Waals surface area contributed by atoms with Crippen LogP contribution in [0.25, 0.3) is 22.6 Å². The summed E-state index contributed by atoms with van der Waals surface area (Å²) in [5.41, 5.74) is 3.67. The average Bonchev–Trinajstić information content (AvgIpc) is 2.86. The molecule has 0 unspecified atom stereocenters.